The molecule has 0 spiro atoms. The van der Waals surface area contributed by atoms with Gasteiger partial charge in [-0.05, 0) is 29.7 Å². The Morgan fingerprint density at radius 2 is 1.26 bits per heavy atom. The molecule has 0 N–H and O–H groups in total. The summed E-state index contributed by atoms with van der Waals surface area (Å²) < 4.78 is 26.7. The van der Waals surface area contributed by atoms with Crippen LogP contribution >= 0.6 is 0 Å². The van der Waals surface area contributed by atoms with Crippen LogP contribution in [0.2, 0.25) is 0 Å². The maximum Gasteiger partial charge on any atom is 0.246 e. The first-order valence-electron chi connectivity index (χ1n) is 12.1. The van der Waals surface area contributed by atoms with Crippen LogP contribution in [-0.2, 0) is 14.8 Å². The van der Waals surface area contributed by atoms with Crippen molar-refractivity contribution in [3.63, 3.8) is 0 Å². The Bertz CT molecular complexity index is 1160. The summed E-state index contributed by atoms with van der Waals surface area (Å²) in [4.78, 5) is 17.8. The van der Waals surface area contributed by atoms with E-state index >= 15 is 0 Å². The summed E-state index contributed by atoms with van der Waals surface area (Å²) in [6, 6.07) is 29.1. The van der Waals surface area contributed by atoms with Gasteiger partial charge in [-0.2, -0.15) is 0 Å². The molecule has 1 fully saturated rings. The fourth-order valence-corrected chi connectivity index (χ4v) is 6.12. The maximum absolute atomic E-state index is 13.6. The monoisotopic (exact) mass is 491 g/mol. The van der Waals surface area contributed by atoms with E-state index in [9.17, 15) is 13.2 Å². The Kier molecular flexibility index (Phi) is 7.88. The van der Waals surface area contributed by atoms with Gasteiger partial charge in [0.15, 0.2) is 0 Å². The van der Waals surface area contributed by atoms with Crippen LogP contribution in [0.4, 0.5) is 5.69 Å². The molecule has 184 valence electrons. The highest BCUT2D eigenvalue weighted by Crippen LogP contribution is 2.30. The number of carbonyl (C=O) groups is 1. The summed E-state index contributed by atoms with van der Waals surface area (Å²) in [5.74, 6) is -0.141. The number of hydrogen-bond donors (Lipinski definition) is 0. The van der Waals surface area contributed by atoms with Crippen molar-refractivity contribution in [3.8, 4) is 0 Å². The van der Waals surface area contributed by atoms with Crippen molar-refractivity contribution in [2.45, 2.75) is 25.4 Å². The van der Waals surface area contributed by atoms with Gasteiger partial charge in [0.25, 0.3) is 0 Å². The van der Waals surface area contributed by atoms with Crippen molar-refractivity contribution in [2.24, 2.45) is 0 Å². The van der Waals surface area contributed by atoms with Crippen LogP contribution in [0.3, 0.4) is 0 Å². The first-order chi connectivity index (χ1) is 16.9. The normalized spacial score (nSPS) is 15.7. The summed E-state index contributed by atoms with van der Waals surface area (Å²) >= 11 is 0. The van der Waals surface area contributed by atoms with E-state index < -0.39 is 16.1 Å². The zero-order valence-electron chi connectivity index (χ0n) is 20.3. The number of benzene rings is 3. The number of hydrogen-bond acceptors (Lipinski definition) is 4. The van der Waals surface area contributed by atoms with Crippen molar-refractivity contribution in [3.05, 3.63) is 102 Å². The molecule has 1 saturated heterocycles. The molecule has 6 nitrogen and oxygen atoms in total. The zero-order valence-corrected chi connectivity index (χ0v) is 21.1. The van der Waals surface area contributed by atoms with Gasteiger partial charge in [-0.15, -0.1) is 0 Å². The Labute approximate surface area is 208 Å². The van der Waals surface area contributed by atoms with Crippen molar-refractivity contribution in [2.75, 3.05) is 36.7 Å². The molecule has 4 rings (SSSR count). The van der Waals surface area contributed by atoms with E-state index in [1.54, 1.807) is 24.3 Å². The molecule has 3 aromatic rings. The molecule has 1 aliphatic rings. The Balaban J connectivity index is 1.53. The number of sulfonamides is 1. The summed E-state index contributed by atoms with van der Waals surface area (Å²) in [5.41, 5.74) is 2.96. The van der Waals surface area contributed by atoms with Gasteiger partial charge in [-0.25, -0.2) is 8.42 Å². The van der Waals surface area contributed by atoms with E-state index in [4.69, 9.17) is 0 Å². The largest absolute Gasteiger partial charge is 0.338 e. The van der Waals surface area contributed by atoms with E-state index in [0.717, 1.165) is 6.26 Å². The van der Waals surface area contributed by atoms with E-state index in [2.05, 4.69) is 53.4 Å². The highest BCUT2D eigenvalue weighted by Gasteiger charge is 2.36. The molecule has 1 aliphatic heterocycles. The molecule has 1 atom stereocenters. The first-order valence-corrected chi connectivity index (χ1v) is 13.9. The summed E-state index contributed by atoms with van der Waals surface area (Å²) in [5, 5.41) is 0. The van der Waals surface area contributed by atoms with Gasteiger partial charge >= 0.3 is 0 Å². The van der Waals surface area contributed by atoms with E-state index in [-0.39, 0.29) is 11.9 Å². The molecule has 35 heavy (non-hydrogen) atoms. The number of anilines is 1. The van der Waals surface area contributed by atoms with Crippen LogP contribution in [0.25, 0.3) is 0 Å². The third kappa shape index (κ3) is 5.74. The molecular weight excluding hydrogens is 458 g/mol. The van der Waals surface area contributed by atoms with Crippen LogP contribution in [0.1, 0.15) is 30.5 Å². The molecular formula is C28H33N3O3S. The predicted molar refractivity (Wildman–Crippen MR) is 141 cm³/mol. The fourth-order valence-electron chi connectivity index (χ4n) is 4.91. The molecule has 7 heteroatoms. The molecule has 0 aliphatic carbocycles. The van der Waals surface area contributed by atoms with Crippen molar-refractivity contribution < 1.29 is 13.2 Å². The summed E-state index contributed by atoms with van der Waals surface area (Å²) in [6.45, 7) is 4.39. The SMILES string of the molecule is CCC(C(=O)N1CCN(C(c2ccccc2)c2ccccc2)CC1)N(c1ccccc1)S(C)(=O)=O. The molecule has 0 aromatic heterocycles. The molecule has 1 amide bonds. The number of para-hydroxylation sites is 1. The van der Waals surface area contributed by atoms with Gasteiger partial charge in [0.05, 0.1) is 18.0 Å². The summed E-state index contributed by atoms with van der Waals surface area (Å²) in [7, 11) is -3.63. The average Bonchev–Trinajstić information content (AvgIpc) is 2.88. The Morgan fingerprint density at radius 3 is 1.69 bits per heavy atom. The van der Waals surface area contributed by atoms with Gasteiger partial charge in [0, 0.05) is 26.2 Å². The summed E-state index contributed by atoms with van der Waals surface area (Å²) in [6.07, 6.45) is 1.57. The zero-order chi connectivity index (χ0) is 24.8. The van der Waals surface area contributed by atoms with Gasteiger partial charge in [0.1, 0.15) is 6.04 Å². The van der Waals surface area contributed by atoms with E-state index in [1.165, 1.54) is 15.4 Å². The van der Waals surface area contributed by atoms with Gasteiger partial charge in [0.2, 0.25) is 15.9 Å². The second-order valence-corrected chi connectivity index (χ2v) is 10.8. The van der Waals surface area contributed by atoms with Crippen LogP contribution < -0.4 is 4.31 Å². The highest BCUT2D eigenvalue weighted by molar-refractivity contribution is 7.92. The van der Waals surface area contributed by atoms with Gasteiger partial charge < -0.3 is 4.90 Å². The van der Waals surface area contributed by atoms with Gasteiger partial charge in [-0.1, -0.05) is 85.8 Å². The predicted octanol–water partition coefficient (Wildman–Crippen LogP) is 4.17. The number of rotatable bonds is 8. The first kappa shape index (κ1) is 24.9. The standard InChI is InChI=1S/C28H33N3O3S/c1-3-26(31(35(2,33)34)25-17-11-6-12-18-25)28(32)30-21-19-29(20-22-30)27(23-13-7-4-8-14-23)24-15-9-5-10-16-24/h4-18,26-27H,3,19-22H2,1-2H3. The van der Waals surface area contributed by atoms with Crippen molar-refractivity contribution in [1.82, 2.24) is 9.80 Å². The lowest BCUT2D eigenvalue weighted by molar-refractivity contribution is -0.134. The maximum atomic E-state index is 13.6. The van der Waals surface area contributed by atoms with Crippen LogP contribution in [0, 0.1) is 0 Å². The Morgan fingerprint density at radius 1 is 0.800 bits per heavy atom. The lowest BCUT2D eigenvalue weighted by Gasteiger charge is -2.41. The molecule has 0 radical (unpaired) electrons. The second-order valence-electron chi connectivity index (χ2n) is 8.90. The lowest BCUT2D eigenvalue weighted by Crippen LogP contribution is -2.56. The van der Waals surface area contributed by atoms with Gasteiger partial charge in [-0.3, -0.25) is 14.0 Å². The van der Waals surface area contributed by atoms with Crippen molar-refractivity contribution >= 4 is 21.6 Å². The number of nitrogens with zero attached hydrogens (tertiary/aromatic N) is 3. The average molecular weight is 492 g/mol. The highest BCUT2D eigenvalue weighted by atomic mass is 32.2. The molecule has 0 saturated carbocycles. The number of carbonyl (C=O) groups excluding carboxylic acids is 1. The minimum absolute atomic E-state index is 0.105. The van der Waals surface area contributed by atoms with Crippen LogP contribution in [0.5, 0.6) is 0 Å². The smallest absolute Gasteiger partial charge is 0.246 e. The molecule has 1 unspecified atom stereocenters. The van der Waals surface area contributed by atoms with E-state index in [0.29, 0.717) is 38.3 Å². The van der Waals surface area contributed by atoms with Crippen molar-refractivity contribution in [1.29, 1.82) is 0 Å². The minimum Gasteiger partial charge on any atom is -0.338 e. The minimum atomic E-state index is -3.63. The fraction of sp³-hybridized carbons (Fsp3) is 0.321. The lowest BCUT2D eigenvalue weighted by atomic mass is 9.96. The van der Waals surface area contributed by atoms with Crippen LogP contribution in [-0.4, -0.2) is 62.6 Å². The number of amides is 1. The quantitative estimate of drug-likeness (QED) is 0.475. The number of piperazine rings is 1. The van der Waals surface area contributed by atoms with Crippen LogP contribution in [0.15, 0.2) is 91.0 Å². The molecule has 1 heterocycles. The third-order valence-electron chi connectivity index (χ3n) is 6.54. The molecule has 3 aromatic carbocycles. The van der Waals surface area contributed by atoms with E-state index in [1.807, 2.05) is 30.0 Å². The second kappa shape index (κ2) is 11.1. The Hall–Kier alpha value is -3.16. The molecule has 0 bridgehead atoms. The third-order valence-corrected chi connectivity index (χ3v) is 7.72. The topological polar surface area (TPSA) is 60.9 Å².